The van der Waals surface area contributed by atoms with Gasteiger partial charge in [0.05, 0.1) is 0 Å². The summed E-state index contributed by atoms with van der Waals surface area (Å²) >= 11 is 0. The number of rotatable bonds is 1. The van der Waals surface area contributed by atoms with Crippen molar-refractivity contribution in [2.45, 2.75) is 46.0 Å². The molecule has 0 atom stereocenters. The Balaban J connectivity index is 0.000000240. The molecule has 0 spiro atoms. The molecule has 0 aliphatic heterocycles. The van der Waals surface area contributed by atoms with Crippen LogP contribution < -0.4 is 0 Å². The molecule has 2 aromatic rings. The van der Waals surface area contributed by atoms with Crippen LogP contribution in [0.1, 0.15) is 51.7 Å². The van der Waals surface area contributed by atoms with Crippen molar-refractivity contribution in [1.29, 1.82) is 0 Å². The van der Waals surface area contributed by atoms with Crippen molar-refractivity contribution in [2.24, 2.45) is 0 Å². The molecule has 0 saturated heterocycles. The molecule has 1 heteroatoms. The maximum Gasteiger partial charge on any atom is 0.115 e. The molecule has 0 aromatic heterocycles. The summed E-state index contributed by atoms with van der Waals surface area (Å²) < 4.78 is 0. The van der Waals surface area contributed by atoms with Crippen LogP contribution >= 0.6 is 0 Å². The monoisotopic (exact) mass is 270 g/mol. The number of phenolic OH excluding ortho intramolecular Hbond substituents is 1. The quantitative estimate of drug-likeness (QED) is 0.725. The van der Waals surface area contributed by atoms with Crippen molar-refractivity contribution >= 4 is 0 Å². The van der Waals surface area contributed by atoms with Gasteiger partial charge in [-0.3, -0.25) is 0 Å². The summed E-state index contributed by atoms with van der Waals surface area (Å²) in [6.07, 6.45) is 0. The maximum absolute atomic E-state index is 8.63. The second kappa shape index (κ2) is 7.14. The smallest absolute Gasteiger partial charge is 0.115 e. The van der Waals surface area contributed by atoms with E-state index in [9.17, 15) is 0 Å². The molecule has 108 valence electrons. The summed E-state index contributed by atoms with van der Waals surface area (Å²) in [4.78, 5) is 0. The van der Waals surface area contributed by atoms with Gasteiger partial charge in [0, 0.05) is 0 Å². The number of para-hydroxylation sites is 1. The molecule has 0 amide bonds. The van der Waals surface area contributed by atoms with E-state index in [1.807, 2.05) is 6.07 Å². The third-order valence-corrected chi connectivity index (χ3v) is 3.15. The molecule has 0 bridgehead atoms. The first-order valence-corrected chi connectivity index (χ1v) is 7.16. The van der Waals surface area contributed by atoms with Crippen LogP contribution in [0.25, 0.3) is 0 Å². The second-order valence-electron chi connectivity index (χ2n) is 6.33. The first kappa shape index (κ1) is 16.3. The topological polar surface area (TPSA) is 20.2 Å². The minimum Gasteiger partial charge on any atom is -0.508 e. The molecule has 1 N–H and O–H groups in total. The molecule has 0 heterocycles. The lowest BCUT2D eigenvalue weighted by molar-refractivity contribution is 0.475. The van der Waals surface area contributed by atoms with E-state index in [1.165, 1.54) is 11.1 Å². The molecule has 0 fully saturated rings. The van der Waals surface area contributed by atoms with Crippen LogP contribution in [0.5, 0.6) is 5.75 Å². The minimum absolute atomic E-state index is 0.265. The van der Waals surface area contributed by atoms with Crippen LogP contribution in [0.3, 0.4) is 0 Å². The van der Waals surface area contributed by atoms with Gasteiger partial charge in [-0.25, -0.2) is 0 Å². The molecule has 2 aromatic carbocycles. The predicted octanol–water partition coefficient (Wildman–Crippen LogP) is 5.50. The van der Waals surface area contributed by atoms with Gasteiger partial charge in [-0.15, -0.1) is 0 Å². The van der Waals surface area contributed by atoms with Crippen molar-refractivity contribution in [3.05, 3.63) is 65.7 Å². The van der Waals surface area contributed by atoms with Crippen molar-refractivity contribution in [1.82, 2.24) is 0 Å². The molecule has 0 aliphatic rings. The Kier molecular flexibility index (Phi) is 5.82. The molecule has 0 aliphatic carbocycles. The van der Waals surface area contributed by atoms with Gasteiger partial charge in [-0.1, -0.05) is 77.1 Å². The average Bonchev–Trinajstić information content (AvgIpc) is 2.39. The lowest BCUT2D eigenvalue weighted by atomic mass is 9.81. The Labute approximate surface area is 123 Å². The van der Waals surface area contributed by atoms with Crippen molar-refractivity contribution in [2.75, 3.05) is 0 Å². The number of benzene rings is 2. The fraction of sp³-hybridized carbons (Fsp3) is 0.368. The molecule has 2 rings (SSSR count). The van der Waals surface area contributed by atoms with Crippen molar-refractivity contribution in [3.8, 4) is 5.75 Å². The van der Waals surface area contributed by atoms with Gasteiger partial charge in [0.1, 0.15) is 5.75 Å². The summed E-state index contributed by atoms with van der Waals surface area (Å²) in [6.45, 7) is 11.3. The van der Waals surface area contributed by atoms with Gasteiger partial charge >= 0.3 is 0 Å². The number of phenols is 1. The molecular formula is C19H26O. The highest BCUT2D eigenvalue weighted by atomic mass is 16.3. The zero-order chi connectivity index (χ0) is 15.2. The van der Waals surface area contributed by atoms with E-state index < -0.39 is 0 Å². The van der Waals surface area contributed by atoms with E-state index in [0.29, 0.717) is 11.7 Å². The highest BCUT2D eigenvalue weighted by Gasteiger charge is 2.18. The van der Waals surface area contributed by atoms with Gasteiger partial charge in [-0.05, 0) is 34.6 Å². The first-order chi connectivity index (χ1) is 9.32. The normalized spacial score (nSPS) is 10.9. The number of hydrogen-bond donors (Lipinski definition) is 1. The summed E-state index contributed by atoms with van der Waals surface area (Å²) in [5.74, 6) is 0.943. The SMILES string of the molecule is CC(C)c1ccccc1C(C)(C)C.Oc1ccccc1. The van der Waals surface area contributed by atoms with Crippen LogP contribution in [0.15, 0.2) is 54.6 Å². The van der Waals surface area contributed by atoms with Crippen LogP contribution in [-0.4, -0.2) is 5.11 Å². The Bertz CT molecular complexity index is 507. The third kappa shape index (κ3) is 5.08. The summed E-state index contributed by atoms with van der Waals surface area (Å²) in [7, 11) is 0. The fourth-order valence-corrected chi connectivity index (χ4v) is 2.11. The van der Waals surface area contributed by atoms with Gasteiger partial charge in [-0.2, -0.15) is 0 Å². The van der Waals surface area contributed by atoms with E-state index in [-0.39, 0.29) is 5.41 Å². The van der Waals surface area contributed by atoms with Crippen LogP contribution in [0.2, 0.25) is 0 Å². The summed E-state index contributed by atoms with van der Waals surface area (Å²) in [5.41, 5.74) is 3.22. The molecular weight excluding hydrogens is 244 g/mol. The van der Waals surface area contributed by atoms with Crippen LogP contribution in [0.4, 0.5) is 0 Å². The highest BCUT2D eigenvalue weighted by molar-refractivity contribution is 5.34. The lowest BCUT2D eigenvalue weighted by Gasteiger charge is -2.24. The summed E-state index contributed by atoms with van der Waals surface area (Å²) in [5, 5.41) is 8.63. The molecule has 0 saturated carbocycles. The van der Waals surface area contributed by atoms with E-state index in [2.05, 4.69) is 58.9 Å². The average molecular weight is 270 g/mol. The van der Waals surface area contributed by atoms with Gasteiger partial charge in [0.15, 0.2) is 0 Å². The Morgan fingerprint density at radius 1 is 0.800 bits per heavy atom. The van der Waals surface area contributed by atoms with Crippen molar-refractivity contribution < 1.29 is 5.11 Å². The maximum atomic E-state index is 8.63. The van der Waals surface area contributed by atoms with E-state index in [0.717, 1.165) is 0 Å². The highest BCUT2D eigenvalue weighted by Crippen LogP contribution is 2.29. The van der Waals surface area contributed by atoms with Gasteiger partial charge < -0.3 is 5.11 Å². The van der Waals surface area contributed by atoms with Crippen LogP contribution in [0, 0.1) is 0 Å². The van der Waals surface area contributed by atoms with Gasteiger partial charge in [0.2, 0.25) is 0 Å². The standard InChI is InChI=1S/C13H20.C6H6O/c1-10(2)11-8-6-7-9-12(11)13(3,4)5;7-6-4-2-1-3-5-6/h6-10H,1-5H3;1-5,7H. The van der Waals surface area contributed by atoms with Crippen molar-refractivity contribution in [3.63, 3.8) is 0 Å². The molecule has 0 radical (unpaired) electrons. The second-order valence-corrected chi connectivity index (χ2v) is 6.33. The Hall–Kier alpha value is -1.76. The number of aromatic hydroxyl groups is 1. The summed E-state index contributed by atoms with van der Waals surface area (Å²) in [6, 6.07) is 17.5. The zero-order valence-corrected chi connectivity index (χ0v) is 13.2. The first-order valence-electron chi connectivity index (χ1n) is 7.16. The van der Waals surface area contributed by atoms with Crippen LogP contribution in [-0.2, 0) is 5.41 Å². The molecule has 1 nitrogen and oxygen atoms in total. The van der Waals surface area contributed by atoms with Gasteiger partial charge in [0.25, 0.3) is 0 Å². The third-order valence-electron chi connectivity index (χ3n) is 3.15. The van der Waals surface area contributed by atoms with E-state index in [1.54, 1.807) is 24.3 Å². The Morgan fingerprint density at radius 2 is 1.30 bits per heavy atom. The predicted molar refractivity (Wildman–Crippen MR) is 87.3 cm³/mol. The fourth-order valence-electron chi connectivity index (χ4n) is 2.11. The largest absolute Gasteiger partial charge is 0.508 e. The minimum atomic E-state index is 0.265. The Morgan fingerprint density at radius 3 is 1.65 bits per heavy atom. The lowest BCUT2D eigenvalue weighted by Crippen LogP contribution is -2.14. The zero-order valence-electron chi connectivity index (χ0n) is 13.2. The molecule has 20 heavy (non-hydrogen) atoms. The van der Waals surface area contributed by atoms with E-state index >= 15 is 0 Å². The number of hydrogen-bond acceptors (Lipinski definition) is 1. The molecule has 0 unspecified atom stereocenters. The van der Waals surface area contributed by atoms with E-state index in [4.69, 9.17) is 5.11 Å².